The largest absolute Gasteiger partial charge is 0.491 e. The summed E-state index contributed by atoms with van der Waals surface area (Å²) in [6.07, 6.45) is 0. The summed E-state index contributed by atoms with van der Waals surface area (Å²) in [7, 11) is 0. The summed E-state index contributed by atoms with van der Waals surface area (Å²) in [5, 5.41) is 9.59. The van der Waals surface area contributed by atoms with Gasteiger partial charge in [-0.3, -0.25) is 9.69 Å². The molecule has 1 aliphatic heterocycles. The highest BCUT2D eigenvalue weighted by Gasteiger charge is 2.35. The first-order valence-corrected chi connectivity index (χ1v) is 6.15. The third-order valence-electron chi connectivity index (χ3n) is 3.06. The van der Waals surface area contributed by atoms with E-state index in [0.717, 1.165) is 6.54 Å². The molecule has 0 aromatic heterocycles. The van der Waals surface area contributed by atoms with Gasteiger partial charge in [0.15, 0.2) is 5.78 Å². The summed E-state index contributed by atoms with van der Waals surface area (Å²) in [5.74, 6) is 0.648. The molecule has 0 amide bonds. The van der Waals surface area contributed by atoms with Crippen molar-refractivity contribution >= 4 is 5.78 Å². The Morgan fingerprint density at radius 2 is 2.11 bits per heavy atom. The molecule has 1 N–H and O–H groups in total. The predicted molar refractivity (Wildman–Crippen MR) is 69.0 cm³/mol. The van der Waals surface area contributed by atoms with E-state index in [4.69, 9.17) is 4.74 Å². The van der Waals surface area contributed by atoms with Crippen molar-refractivity contribution in [2.24, 2.45) is 0 Å². The van der Waals surface area contributed by atoms with Crippen LogP contribution in [0.5, 0.6) is 5.75 Å². The normalized spacial score (nSPS) is 18.2. The van der Waals surface area contributed by atoms with Crippen LogP contribution in [0, 0.1) is 0 Å². The van der Waals surface area contributed by atoms with E-state index in [1.54, 1.807) is 6.07 Å². The lowest BCUT2D eigenvalue weighted by Gasteiger charge is -2.44. The molecule has 1 aromatic rings. The number of benzene rings is 1. The third kappa shape index (κ3) is 3.09. The molecule has 18 heavy (non-hydrogen) atoms. The maximum atomic E-state index is 11.4. The first-order chi connectivity index (χ1) is 8.48. The number of aliphatic hydroxyl groups is 1. The molecule has 1 saturated heterocycles. The van der Waals surface area contributed by atoms with Crippen LogP contribution in [0.2, 0.25) is 0 Å². The molecule has 1 fully saturated rings. The second-order valence-electron chi connectivity index (χ2n) is 5.11. The molecule has 1 aromatic carbocycles. The minimum atomic E-state index is -0.544. The average molecular weight is 249 g/mol. The molecule has 0 aliphatic carbocycles. The molecule has 98 valence electrons. The Bertz CT molecular complexity index is 434. The van der Waals surface area contributed by atoms with Crippen molar-refractivity contribution in [1.29, 1.82) is 0 Å². The zero-order valence-corrected chi connectivity index (χ0v) is 10.8. The number of hydrogen-bond acceptors (Lipinski definition) is 4. The van der Waals surface area contributed by atoms with Gasteiger partial charge in [0, 0.05) is 19.6 Å². The molecular formula is C14H19NO3. The number of β-amino-alcohol motifs (C(OH)–C–C–N with tert-alkyl or cyclic N) is 1. The molecule has 1 heterocycles. The van der Waals surface area contributed by atoms with Gasteiger partial charge in [-0.25, -0.2) is 0 Å². The Kier molecular flexibility index (Phi) is 3.68. The molecule has 0 saturated carbocycles. The molecule has 2 rings (SSSR count). The van der Waals surface area contributed by atoms with E-state index in [0.29, 0.717) is 31.0 Å². The highest BCUT2D eigenvalue weighted by atomic mass is 16.5. The van der Waals surface area contributed by atoms with Gasteiger partial charge in [0.2, 0.25) is 0 Å². The van der Waals surface area contributed by atoms with Crippen molar-refractivity contribution < 1.29 is 14.6 Å². The number of para-hydroxylation sites is 1. The number of ether oxygens (including phenoxy) is 1. The summed E-state index contributed by atoms with van der Waals surface area (Å²) in [6, 6.07) is 7.27. The standard InChI is InChI=1S/C14H19NO3/c1-11(16)12-5-3-4-6-13(12)18-8-7-15-9-14(2,17)10-15/h3-6,17H,7-10H2,1-2H3. The maximum Gasteiger partial charge on any atom is 0.163 e. The van der Waals surface area contributed by atoms with Crippen LogP contribution in [0.4, 0.5) is 0 Å². The van der Waals surface area contributed by atoms with Crippen molar-refractivity contribution in [2.45, 2.75) is 19.4 Å². The number of carbonyl (C=O) groups excluding carboxylic acids is 1. The lowest BCUT2D eigenvalue weighted by molar-refractivity contribution is -0.0859. The Morgan fingerprint density at radius 3 is 2.72 bits per heavy atom. The van der Waals surface area contributed by atoms with E-state index in [1.807, 2.05) is 25.1 Å². The SMILES string of the molecule is CC(=O)c1ccccc1OCCN1CC(C)(O)C1. The Morgan fingerprint density at radius 1 is 1.44 bits per heavy atom. The fourth-order valence-corrected chi connectivity index (χ4v) is 2.24. The van der Waals surface area contributed by atoms with Gasteiger partial charge in [-0.15, -0.1) is 0 Å². The molecule has 0 unspecified atom stereocenters. The van der Waals surface area contributed by atoms with E-state index in [2.05, 4.69) is 4.90 Å². The molecular weight excluding hydrogens is 230 g/mol. The number of Topliss-reactive ketones (excluding diaryl/α,β-unsaturated/α-hetero) is 1. The Labute approximate surface area is 107 Å². The number of likely N-dealkylation sites (tertiary alicyclic amines) is 1. The molecule has 4 nitrogen and oxygen atoms in total. The van der Waals surface area contributed by atoms with Gasteiger partial charge in [0.25, 0.3) is 0 Å². The van der Waals surface area contributed by atoms with Crippen LogP contribution in [0.1, 0.15) is 24.2 Å². The minimum absolute atomic E-state index is 0.0116. The van der Waals surface area contributed by atoms with Gasteiger partial charge in [0.1, 0.15) is 12.4 Å². The second kappa shape index (κ2) is 5.08. The molecule has 0 spiro atoms. The molecule has 4 heteroatoms. The highest BCUT2D eigenvalue weighted by Crippen LogP contribution is 2.21. The quantitative estimate of drug-likeness (QED) is 0.800. The van der Waals surface area contributed by atoms with Crippen LogP contribution >= 0.6 is 0 Å². The van der Waals surface area contributed by atoms with Crippen LogP contribution in [0.25, 0.3) is 0 Å². The number of carbonyl (C=O) groups is 1. The van der Waals surface area contributed by atoms with E-state index in [1.165, 1.54) is 6.92 Å². The van der Waals surface area contributed by atoms with E-state index in [9.17, 15) is 9.90 Å². The molecule has 0 atom stereocenters. The third-order valence-corrected chi connectivity index (χ3v) is 3.06. The van der Waals surface area contributed by atoms with Crippen LogP contribution in [0.15, 0.2) is 24.3 Å². The average Bonchev–Trinajstić information content (AvgIpc) is 2.27. The topological polar surface area (TPSA) is 49.8 Å². The van der Waals surface area contributed by atoms with Gasteiger partial charge in [0.05, 0.1) is 11.2 Å². The first kappa shape index (κ1) is 13.1. The first-order valence-electron chi connectivity index (χ1n) is 6.15. The predicted octanol–water partition coefficient (Wildman–Crippen LogP) is 1.33. The van der Waals surface area contributed by atoms with E-state index < -0.39 is 5.60 Å². The summed E-state index contributed by atoms with van der Waals surface area (Å²) in [6.45, 7) is 6.03. The van der Waals surface area contributed by atoms with Gasteiger partial charge in [-0.2, -0.15) is 0 Å². The van der Waals surface area contributed by atoms with Gasteiger partial charge >= 0.3 is 0 Å². The second-order valence-corrected chi connectivity index (χ2v) is 5.11. The summed E-state index contributed by atoms with van der Waals surface area (Å²) in [5.41, 5.74) is 0.0743. The van der Waals surface area contributed by atoms with Crippen molar-refractivity contribution in [3.05, 3.63) is 29.8 Å². The zero-order valence-electron chi connectivity index (χ0n) is 10.8. The number of rotatable bonds is 5. The number of nitrogens with zero attached hydrogens (tertiary/aromatic N) is 1. The zero-order chi connectivity index (χ0) is 13.2. The smallest absolute Gasteiger partial charge is 0.163 e. The minimum Gasteiger partial charge on any atom is -0.491 e. The van der Waals surface area contributed by atoms with Gasteiger partial charge < -0.3 is 9.84 Å². The van der Waals surface area contributed by atoms with Crippen LogP contribution in [-0.4, -0.2) is 47.6 Å². The fourth-order valence-electron chi connectivity index (χ4n) is 2.24. The summed E-state index contributed by atoms with van der Waals surface area (Å²) in [4.78, 5) is 13.5. The molecule has 0 radical (unpaired) electrons. The summed E-state index contributed by atoms with van der Waals surface area (Å²) >= 11 is 0. The maximum absolute atomic E-state index is 11.4. The lowest BCUT2D eigenvalue weighted by atomic mass is 9.97. The van der Waals surface area contributed by atoms with Crippen molar-refractivity contribution in [3.8, 4) is 5.75 Å². The van der Waals surface area contributed by atoms with Crippen LogP contribution in [0.3, 0.4) is 0 Å². The monoisotopic (exact) mass is 249 g/mol. The van der Waals surface area contributed by atoms with Gasteiger partial charge in [-0.1, -0.05) is 12.1 Å². The lowest BCUT2D eigenvalue weighted by Crippen LogP contribution is -2.60. The van der Waals surface area contributed by atoms with Crippen molar-refractivity contribution in [1.82, 2.24) is 4.90 Å². The summed E-state index contributed by atoms with van der Waals surface area (Å²) < 4.78 is 5.63. The highest BCUT2D eigenvalue weighted by molar-refractivity contribution is 5.96. The molecule has 1 aliphatic rings. The van der Waals surface area contributed by atoms with Crippen LogP contribution in [-0.2, 0) is 0 Å². The van der Waals surface area contributed by atoms with E-state index in [-0.39, 0.29) is 5.78 Å². The van der Waals surface area contributed by atoms with E-state index >= 15 is 0 Å². The van der Waals surface area contributed by atoms with Crippen molar-refractivity contribution in [2.75, 3.05) is 26.2 Å². The number of ketones is 1. The van der Waals surface area contributed by atoms with Crippen LogP contribution < -0.4 is 4.74 Å². The number of hydrogen-bond donors (Lipinski definition) is 1. The molecule has 0 bridgehead atoms. The van der Waals surface area contributed by atoms with Crippen molar-refractivity contribution in [3.63, 3.8) is 0 Å². The fraction of sp³-hybridized carbons (Fsp3) is 0.500. The van der Waals surface area contributed by atoms with Gasteiger partial charge in [-0.05, 0) is 26.0 Å². The Hall–Kier alpha value is -1.39. The Balaban J connectivity index is 1.82.